The first kappa shape index (κ1) is 27.6. The van der Waals surface area contributed by atoms with Gasteiger partial charge in [-0.25, -0.2) is 0 Å². The van der Waals surface area contributed by atoms with E-state index < -0.39 is 0 Å². The monoisotopic (exact) mass is 321 g/mol. The number of nitrogens with zero attached hydrogens (tertiary/aromatic N) is 2. The van der Waals surface area contributed by atoms with Gasteiger partial charge in [0.2, 0.25) is 0 Å². The Hall–Kier alpha value is 0.266. The van der Waals surface area contributed by atoms with Gasteiger partial charge in [-0.1, -0.05) is 13.8 Å². The molecule has 0 saturated heterocycles. The number of rotatable bonds is 9. The maximum atomic E-state index is 9.16. The molecule has 19 heavy (non-hydrogen) atoms. The van der Waals surface area contributed by atoms with E-state index in [9.17, 15) is 0 Å². The van der Waals surface area contributed by atoms with Crippen molar-refractivity contribution in [3.05, 3.63) is 22.9 Å². The molecule has 0 aliphatic carbocycles. The fraction of sp³-hybridized carbons (Fsp3) is 1.00. The second-order valence-electron chi connectivity index (χ2n) is 4.68. The van der Waals surface area contributed by atoms with E-state index in [4.69, 9.17) is 10.2 Å². The van der Waals surface area contributed by atoms with Gasteiger partial charge >= 0.3 is 0 Å². The summed E-state index contributed by atoms with van der Waals surface area (Å²) in [5.41, 5.74) is 0. The van der Waals surface area contributed by atoms with Crippen LogP contribution in [0.25, 0.3) is 22.9 Å². The van der Waals surface area contributed by atoms with E-state index in [1.54, 1.807) is 13.8 Å². The van der Waals surface area contributed by atoms with E-state index in [0.29, 0.717) is 25.9 Å². The normalized spacial score (nSPS) is 16.1. The summed E-state index contributed by atoms with van der Waals surface area (Å²) in [6, 6.07) is 0.393. The van der Waals surface area contributed by atoms with Gasteiger partial charge in [0.1, 0.15) is 0 Å². The molecule has 0 rings (SSSR count). The van der Waals surface area contributed by atoms with Crippen molar-refractivity contribution in [1.29, 1.82) is 0 Å². The van der Waals surface area contributed by atoms with Gasteiger partial charge < -0.3 is 33.1 Å². The summed E-state index contributed by atoms with van der Waals surface area (Å²) in [4.78, 5) is 0. The molecule has 0 aliphatic heterocycles. The molecule has 123 valence electrons. The van der Waals surface area contributed by atoms with Gasteiger partial charge in [-0.3, -0.25) is 0 Å². The third kappa shape index (κ3) is 20.7. The minimum atomic E-state index is -0.287. The van der Waals surface area contributed by atoms with E-state index in [2.05, 4.69) is 10.6 Å². The average Bonchev–Trinajstić information content (AvgIpc) is 2.10. The summed E-state index contributed by atoms with van der Waals surface area (Å²) in [6.45, 7) is 8.98. The molecule has 0 saturated carbocycles. The Morgan fingerprint density at radius 3 is 1.21 bits per heavy atom. The summed E-state index contributed by atoms with van der Waals surface area (Å²) >= 11 is 0. The van der Waals surface area contributed by atoms with Crippen molar-refractivity contribution in [2.45, 2.75) is 64.8 Å². The van der Waals surface area contributed by atoms with Gasteiger partial charge in [0.05, 0.1) is 0 Å². The van der Waals surface area contributed by atoms with Gasteiger partial charge in [0, 0.05) is 29.0 Å². The van der Waals surface area contributed by atoms with Gasteiger partial charge in [-0.05, 0) is 26.7 Å². The zero-order valence-corrected chi connectivity index (χ0v) is 13.5. The van der Waals surface area contributed by atoms with Crippen LogP contribution in [0.4, 0.5) is 0 Å². The maximum absolute atomic E-state index is 9.16. The Morgan fingerprint density at radius 1 is 0.737 bits per heavy atom. The molecule has 6 N–H and O–H groups in total. The summed E-state index contributed by atoms with van der Waals surface area (Å²) < 4.78 is 0. The van der Waals surface area contributed by atoms with Crippen LogP contribution in [-0.4, -0.2) is 47.6 Å². The van der Waals surface area contributed by atoms with Crippen molar-refractivity contribution in [3.8, 4) is 0 Å². The van der Waals surface area contributed by atoms with E-state index in [1.807, 2.05) is 13.8 Å². The molecule has 0 fully saturated rings. The van der Waals surface area contributed by atoms with Crippen molar-refractivity contribution in [2.24, 2.45) is 0 Å². The molecule has 0 aromatic heterocycles. The SMILES string of the molecule is CC(O)CC(C)[N-]CC[N-]C(C)CC(C)O.[Co].[NH2-].[NH2-]. The third-order valence-corrected chi connectivity index (χ3v) is 2.35. The third-order valence-electron chi connectivity index (χ3n) is 2.35. The van der Waals surface area contributed by atoms with Crippen LogP contribution in [0.3, 0.4) is 0 Å². The molecule has 0 aromatic carbocycles. The van der Waals surface area contributed by atoms with Gasteiger partial charge in [-0.2, -0.15) is 13.1 Å². The summed E-state index contributed by atoms with van der Waals surface area (Å²) in [5, 5.41) is 27.1. The quantitative estimate of drug-likeness (QED) is 0.628. The Kier molecular flexibility index (Phi) is 23.7. The van der Waals surface area contributed by atoms with Crippen LogP contribution >= 0.6 is 0 Å². The van der Waals surface area contributed by atoms with Crippen LogP contribution < -0.4 is 0 Å². The molecule has 6 nitrogen and oxygen atoms in total. The van der Waals surface area contributed by atoms with Crippen LogP contribution in [0.15, 0.2) is 0 Å². The van der Waals surface area contributed by atoms with Crippen molar-refractivity contribution in [2.75, 3.05) is 13.1 Å². The molecule has 0 amide bonds. The molecule has 0 heterocycles. The van der Waals surface area contributed by atoms with E-state index in [0.717, 1.165) is 0 Å². The Labute approximate surface area is 128 Å². The molecular formula is C12H30CoN4O2-4. The van der Waals surface area contributed by atoms with Crippen LogP contribution in [0.1, 0.15) is 40.5 Å². The van der Waals surface area contributed by atoms with E-state index in [-0.39, 0.29) is 53.4 Å². The van der Waals surface area contributed by atoms with Crippen LogP contribution in [0.2, 0.25) is 0 Å². The number of aliphatic hydroxyl groups is 2. The van der Waals surface area contributed by atoms with Crippen molar-refractivity contribution in [1.82, 2.24) is 0 Å². The predicted octanol–water partition coefficient (Wildman–Crippen LogP) is 3.48. The zero-order valence-electron chi connectivity index (χ0n) is 12.4. The maximum Gasteiger partial charge on any atom is 0.0498 e. The standard InChI is InChI=1S/C12H26N2O2.Co.2H2N/c1-9(7-11(3)15)13-5-6-14-10(2)8-12(4)16;;;/h9-12,15-16H,5-8H2,1-4H3;;2*1H2/q-2;;2*-1. The van der Waals surface area contributed by atoms with E-state index >= 15 is 0 Å². The first-order valence-corrected chi connectivity index (χ1v) is 6.11. The molecule has 4 atom stereocenters. The second kappa shape index (κ2) is 16.3. The summed E-state index contributed by atoms with van der Waals surface area (Å²) in [6.07, 6.45) is 0.849. The summed E-state index contributed by atoms with van der Waals surface area (Å²) in [5.74, 6) is 0. The van der Waals surface area contributed by atoms with Crippen molar-refractivity contribution < 1.29 is 27.0 Å². The molecule has 4 unspecified atom stereocenters. The molecular weight excluding hydrogens is 291 g/mol. The predicted molar refractivity (Wildman–Crippen MR) is 78.5 cm³/mol. The van der Waals surface area contributed by atoms with Gasteiger partial charge in [-0.15, -0.1) is 12.1 Å². The van der Waals surface area contributed by atoms with Crippen LogP contribution in [-0.2, 0) is 16.8 Å². The summed E-state index contributed by atoms with van der Waals surface area (Å²) in [7, 11) is 0. The topological polar surface area (TPSA) is 136 Å². The number of aliphatic hydroxyl groups excluding tert-OH is 2. The Balaban J connectivity index is -0.000000375. The van der Waals surface area contributed by atoms with Gasteiger partial charge in [0.15, 0.2) is 0 Å². The number of hydrogen-bond donors (Lipinski definition) is 2. The largest absolute Gasteiger partial charge is 0.693 e. The minimum Gasteiger partial charge on any atom is -0.693 e. The Morgan fingerprint density at radius 2 is 1.00 bits per heavy atom. The Bertz CT molecular complexity index is 156. The fourth-order valence-corrected chi connectivity index (χ4v) is 1.69. The molecule has 0 spiro atoms. The minimum absolute atomic E-state index is 0. The number of nitrogens with two attached hydrogens (primary N) is 2. The average molecular weight is 321 g/mol. The number of hydrogen-bond acceptors (Lipinski definition) is 2. The zero-order chi connectivity index (χ0) is 12.6. The molecule has 0 aromatic rings. The van der Waals surface area contributed by atoms with Gasteiger partial charge in [0.25, 0.3) is 0 Å². The van der Waals surface area contributed by atoms with Crippen LogP contribution in [0.5, 0.6) is 0 Å². The molecule has 0 bridgehead atoms. The smallest absolute Gasteiger partial charge is 0.0498 e. The second-order valence-corrected chi connectivity index (χ2v) is 4.68. The van der Waals surface area contributed by atoms with Crippen molar-refractivity contribution >= 4 is 0 Å². The molecule has 0 aliphatic rings. The van der Waals surface area contributed by atoms with Crippen molar-refractivity contribution in [3.63, 3.8) is 0 Å². The first-order chi connectivity index (χ1) is 7.41. The molecule has 7 heteroatoms. The first-order valence-electron chi connectivity index (χ1n) is 6.11. The van der Waals surface area contributed by atoms with E-state index in [1.165, 1.54) is 0 Å². The van der Waals surface area contributed by atoms with Crippen LogP contribution in [0, 0.1) is 0 Å². The fourth-order valence-electron chi connectivity index (χ4n) is 1.69. The molecule has 1 radical (unpaired) electrons.